The summed E-state index contributed by atoms with van der Waals surface area (Å²) in [6, 6.07) is 21.3. The van der Waals surface area contributed by atoms with Gasteiger partial charge in [-0.25, -0.2) is 4.98 Å². The van der Waals surface area contributed by atoms with E-state index in [1.165, 1.54) is 4.90 Å². The van der Waals surface area contributed by atoms with E-state index in [0.717, 1.165) is 5.56 Å². The van der Waals surface area contributed by atoms with Crippen LogP contribution in [0.1, 0.15) is 29.2 Å². The Kier molecular flexibility index (Phi) is 7.40. The number of aliphatic hydroxyl groups is 1. The maximum atomic E-state index is 13.5. The van der Waals surface area contributed by atoms with Crippen LogP contribution in [0.5, 0.6) is 17.2 Å². The Morgan fingerprint density at radius 1 is 0.951 bits per heavy atom. The minimum atomic E-state index is -0.800. The Bertz CT molecular complexity index is 1580. The summed E-state index contributed by atoms with van der Waals surface area (Å²) < 4.78 is 19.2. The number of hydrogen-bond donors (Lipinski definition) is 1. The van der Waals surface area contributed by atoms with Crippen molar-refractivity contribution in [2.75, 3.05) is 19.8 Å². The van der Waals surface area contributed by atoms with Gasteiger partial charge in [-0.15, -0.1) is 0 Å². The van der Waals surface area contributed by atoms with E-state index in [-0.39, 0.29) is 11.3 Å². The van der Waals surface area contributed by atoms with Gasteiger partial charge in [0.1, 0.15) is 31.3 Å². The molecule has 1 fully saturated rings. The summed E-state index contributed by atoms with van der Waals surface area (Å²) in [5.74, 6) is -0.0287. The minimum absolute atomic E-state index is 0.0227. The number of nitrogens with zero attached hydrogens (tertiary/aromatic N) is 3. The van der Waals surface area contributed by atoms with Crippen LogP contribution in [-0.2, 0) is 22.7 Å². The molecule has 1 unspecified atom stereocenters. The van der Waals surface area contributed by atoms with E-state index in [0.29, 0.717) is 67.7 Å². The second-order valence-electron chi connectivity index (χ2n) is 9.85. The quantitative estimate of drug-likeness (QED) is 0.182. The van der Waals surface area contributed by atoms with Crippen molar-refractivity contribution < 1.29 is 28.9 Å². The number of aliphatic hydroxyl groups excluding tert-OH is 1. The number of imidazole rings is 1. The zero-order valence-corrected chi connectivity index (χ0v) is 22.3. The number of rotatable bonds is 9. The molecule has 0 aliphatic carbocycles. The number of ether oxygens (including phenoxy) is 3. The topological polar surface area (TPSA) is 103 Å². The van der Waals surface area contributed by atoms with Crippen LogP contribution in [0.25, 0.3) is 5.76 Å². The lowest BCUT2D eigenvalue weighted by atomic mass is 9.95. The molecule has 6 rings (SSSR count). The highest BCUT2D eigenvalue weighted by Gasteiger charge is 2.46. The lowest BCUT2D eigenvalue weighted by molar-refractivity contribution is -0.139. The number of ketones is 1. The third-order valence-electron chi connectivity index (χ3n) is 7.15. The van der Waals surface area contributed by atoms with Crippen molar-refractivity contribution in [1.82, 2.24) is 14.5 Å². The molecule has 2 aliphatic heterocycles. The first-order valence-corrected chi connectivity index (χ1v) is 13.5. The first-order valence-electron chi connectivity index (χ1n) is 13.5. The van der Waals surface area contributed by atoms with Crippen molar-refractivity contribution >= 4 is 17.4 Å². The number of aromatic nitrogens is 2. The molecule has 3 aromatic carbocycles. The molecule has 0 saturated carbocycles. The van der Waals surface area contributed by atoms with Gasteiger partial charge in [-0.3, -0.25) is 9.59 Å². The number of benzene rings is 3. The molecule has 0 radical (unpaired) electrons. The van der Waals surface area contributed by atoms with Gasteiger partial charge in [0.15, 0.2) is 11.5 Å². The van der Waals surface area contributed by atoms with Crippen molar-refractivity contribution in [2.45, 2.75) is 25.6 Å². The largest absolute Gasteiger partial charge is 0.507 e. The van der Waals surface area contributed by atoms with Gasteiger partial charge in [0.2, 0.25) is 0 Å². The smallest absolute Gasteiger partial charge is 0.295 e. The van der Waals surface area contributed by atoms with Crippen LogP contribution in [-0.4, -0.2) is 51.0 Å². The normalized spacial score (nSPS) is 17.6. The zero-order valence-electron chi connectivity index (χ0n) is 22.3. The molecule has 1 atom stereocenters. The summed E-state index contributed by atoms with van der Waals surface area (Å²) in [6.07, 6.45) is 5.84. The first-order chi connectivity index (χ1) is 20.1. The molecule has 1 saturated heterocycles. The van der Waals surface area contributed by atoms with E-state index in [2.05, 4.69) is 4.98 Å². The molecule has 0 spiro atoms. The molecule has 0 bridgehead atoms. The number of amides is 1. The molecule has 41 heavy (non-hydrogen) atoms. The first kappa shape index (κ1) is 26.2. The predicted molar refractivity (Wildman–Crippen MR) is 151 cm³/mol. The molecule has 4 aromatic rings. The number of aryl methyl sites for hydroxylation is 1. The molecule has 9 heteroatoms. The number of hydrogen-bond acceptors (Lipinski definition) is 7. The Hall–Kier alpha value is -5.05. The average molecular weight is 552 g/mol. The second kappa shape index (κ2) is 11.6. The minimum Gasteiger partial charge on any atom is -0.507 e. The van der Waals surface area contributed by atoms with E-state index < -0.39 is 17.7 Å². The van der Waals surface area contributed by atoms with Crippen LogP contribution in [0.2, 0.25) is 0 Å². The van der Waals surface area contributed by atoms with Gasteiger partial charge >= 0.3 is 0 Å². The second-order valence-corrected chi connectivity index (χ2v) is 9.85. The van der Waals surface area contributed by atoms with Crippen LogP contribution in [0.4, 0.5) is 0 Å². The zero-order chi connectivity index (χ0) is 28.2. The average Bonchev–Trinajstić information content (AvgIpc) is 3.62. The van der Waals surface area contributed by atoms with Crippen molar-refractivity contribution in [2.24, 2.45) is 0 Å². The maximum Gasteiger partial charge on any atom is 0.295 e. The molecule has 1 N–H and O–H groups in total. The van der Waals surface area contributed by atoms with Crippen molar-refractivity contribution in [3.63, 3.8) is 0 Å². The highest BCUT2D eigenvalue weighted by atomic mass is 16.6. The molecule has 1 aromatic heterocycles. The van der Waals surface area contributed by atoms with E-state index in [1.807, 2.05) is 65.4 Å². The van der Waals surface area contributed by atoms with Gasteiger partial charge in [0.25, 0.3) is 11.7 Å². The summed E-state index contributed by atoms with van der Waals surface area (Å²) in [6.45, 7) is 2.12. The molecule has 1 amide bonds. The van der Waals surface area contributed by atoms with Crippen molar-refractivity contribution in [1.29, 1.82) is 0 Å². The molecular weight excluding hydrogens is 522 g/mol. The summed E-state index contributed by atoms with van der Waals surface area (Å²) in [5.41, 5.74) is 2.07. The monoisotopic (exact) mass is 551 g/mol. The number of fused-ring (bicyclic) bond motifs is 1. The highest BCUT2D eigenvalue weighted by molar-refractivity contribution is 6.46. The summed E-state index contributed by atoms with van der Waals surface area (Å²) >= 11 is 0. The van der Waals surface area contributed by atoms with Crippen LogP contribution < -0.4 is 14.2 Å². The van der Waals surface area contributed by atoms with E-state index in [9.17, 15) is 14.7 Å². The van der Waals surface area contributed by atoms with E-state index in [4.69, 9.17) is 14.2 Å². The lowest BCUT2D eigenvalue weighted by Crippen LogP contribution is -2.31. The van der Waals surface area contributed by atoms with Crippen molar-refractivity contribution in [3.05, 3.63) is 114 Å². The number of likely N-dealkylation sites (tertiary alicyclic amines) is 1. The Balaban J connectivity index is 1.35. The van der Waals surface area contributed by atoms with Gasteiger partial charge in [0.05, 0.1) is 17.9 Å². The van der Waals surface area contributed by atoms with E-state index >= 15 is 0 Å². The SMILES string of the molecule is O=C1C(=O)N(CCCn2ccnc2)C(c2cccc(OCc3ccccc3)c2)C1=C(O)c1ccc2c(c1)OCCO2. The molecular formula is C32H29N3O6. The summed E-state index contributed by atoms with van der Waals surface area (Å²) in [4.78, 5) is 32.5. The summed E-state index contributed by atoms with van der Waals surface area (Å²) in [5, 5.41) is 11.5. The van der Waals surface area contributed by atoms with Gasteiger partial charge in [0, 0.05) is 31.0 Å². The Morgan fingerprint density at radius 2 is 1.78 bits per heavy atom. The third kappa shape index (κ3) is 5.51. The van der Waals surface area contributed by atoms with Crippen LogP contribution >= 0.6 is 0 Å². The number of carbonyl (C=O) groups is 2. The fourth-order valence-electron chi connectivity index (χ4n) is 5.16. The maximum absolute atomic E-state index is 13.5. The van der Waals surface area contributed by atoms with Crippen LogP contribution in [0, 0.1) is 0 Å². The highest BCUT2D eigenvalue weighted by Crippen LogP contribution is 2.42. The Morgan fingerprint density at radius 3 is 2.59 bits per heavy atom. The van der Waals surface area contributed by atoms with Crippen molar-refractivity contribution in [3.8, 4) is 17.2 Å². The van der Waals surface area contributed by atoms with Crippen LogP contribution in [0.15, 0.2) is 97.1 Å². The molecule has 9 nitrogen and oxygen atoms in total. The standard InChI is InChI=1S/C32H29N3O6/c36-30(24-10-11-26-27(19-24)40-17-16-39-26)28-29(35(32(38)31(28)37)14-5-13-34-15-12-33-21-34)23-8-4-9-25(18-23)41-20-22-6-2-1-3-7-22/h1-4,6-12,15,18-19,21,29,36H,5,13-14,16-17,20H2. The van der Waals surface area contributed by atoms with Gasteiger partial charge in [-0.1, -0.05) is 42.5 Å². The number of Topliss-reactive ketones (excluding diaryl/α,β-unsaturated/α-hetero) is 1. The summed E-state index contributed by atoms with van der Waals surface area (Å²) in [7, 11) is 0. The van der Waals surface area contributed by atoms with Gasteiger partial charge in [-0.05, 0) is 47.9 Å². The van der Waals surface area contributed by atoms with Crippen LogP contribution in [0.3, 0.4) is 0 Å². The Labute approximate surface area is 237 Å². The molecule has 3 heterocycles. The number of carbonyl (C=O) groups excluding carboxylic acids is 2. The lowest BCUT2D eigenvalue weighted by Gasteiger charge is -2.26. The molecule has 2 aliphatic rings. The van der Waals surface area contributed by atoms with Gasteiger partial charge in [-0.2, -0.15) is 0 Å². The molecule has 208 valence electrons. The van der Waals surface area contributed by atoms with Gasteiger partial charge < -0.3 is 28.8 Å². The fourth-order valence-corrected chi connectivity index (χ4v) is 5.16. The third-order valence-corrected chi connectivity index (χ3v) is 7.15. The van der Waals surface area contributed by atoms with E-state index in [1.54, 1.807) is 30.7 Å². The fraction of sp³-hybridized carbons (Fsp3) is 0.219. The predicted octanol–water partition coefficient (Wildman–Crippen LogP) is 4.75.